The van der Waals surface area contributed by atoms with Crippen molar-refractivity contribution < 1.29 is 28.6 Å². The molecule has 0 N–H and O–H groups in total. The number of hydrogen-bond donors (Lipinski definition) is 0. The Morgan fingerprint density at radius 2 is 0.733 bits per heavy atom. The molecule has 0 aliphatic carbocycles. The molecule has 6 nitrogen and oxygen atoms in total. The number of esters is 3. The summed E-state index contributed by atoms with van der Waals surface area (Å²) < 4.78 is 16.5. The first-order valence-corrected chi connectivity index (χ1v) is 19.4. The third kappa shape index (κ3) is 33.6. The Morgan fingerprint density at radius 1 is 0.422 bits per heavy atom. The highest BCUT2D eigenvalue weighted by Gasteiger charge is 2.19. The van der Waals surface area contributed by atoms with E-state index in [0.29, 0.717) is 19.3 Å². The predicted octanol–water partition coefficient (Wildman–Crippen LogP) is 11.6. The Morgan fingerprint density at radius 3 is 1.09 bits per heavy atom. The lowest BCUT2D eigenvalue weighted by Crippen LogP contribution is -2.30. The molecule has 266 valence electrons. The molecule has 0 saturated carbocycles. The molecule has 0 bridgehead atoms. The van der Waals surface area contributed by atoms with Crippen LogP contribution < -0.4 is 0 Å². The number of carbonyl (C=O) groups is 3. The normalized spacial score (nSPS) is 11.9. The maximum atomic E-state index is 12.6. The third-order valence-electron chi connectivity index (χ3n) is 8.54. The van der Waals surface area contributed by atoms with Crippen LogP contribution in [0.1, 0.15) is 207 Å². The molecule has 0 fully saturated rings. The molecule has 0 spiro atoms. The minimum Gasteiger partial charge on any atom is -0.462 e. The van der Waals surface area contributed by atoms with Gasteiger partial charge in [0.1, 0.15) is 13.2 Å². The van der Waals surface area contributed by atoms with Crippen LogP contribution in [0, 0.1) is 5.92 Å². The second kappa shape index (κ2) is 33.8. The van der Waals surface area contributed by atoms with Gasteiger partial charge in [-0.2, -0.15) is 0 Å². The molecular formula is C39H74O6. The van der Waals surface area contributed by atoms with E-state index in [1.807, 2.05) is 0 Å². The van der Waals surface area contributed by atoms with Gasteiger partial charge in [-0.25, -0.2) is 0 Å². The first-order chi connectivity index (χ1) is 21.9. The van der Waals surface area contributed by atoms with E-state index in [9.17, 15) is 14.4 Å². The molecular weight excluding hydrogens is 564 g/mol. The topological polar surface area (TPSA) is 78.9 Å². The minimum atomic E-state index is -0.756. The van der Waals surface area contributed by atoms with Crippen molar-refractivity contribution in [2.24, 2.45) is 5.92 Å². The molecule has 0 unspecified atom stereocenters. The molecule has 6 heteroatoms. The van der Waals surface area contributed by atoms with Gasteiger partial charge >= 0.3 is 17.9 Å². The first kappa shape index (κ1) is 43.4. The average molecular weight is 639 g/mol. The minimum absolute atomic E-state index is 0.0661. The number of carbonyl (C=O) groups excluding carboxylic acids is 3. The van der Waals surface area contributed by atoms with Gasteiger partial charge in [0.2, 0.25) is 0 Å². The Balaban J connectivity index is 4.34. The van der Waals surface area contributed by atoms with Gasteiger partial charge in [-0.15, -0.1) is 0 Å². The number of rotatable bonds is 34. The summed E-state index contributed by atoms with van der Waals surface area (Å²) in [6, 6.07) is 0. The van der Waals surface area contributed by atoms with Gasteiger partial charge in [-0.05, 0) is 25.2 Å². The molecule has 0 aliphatic rings. The van der Waals surface area contributed by atoms with E-state index in [1.54, 1.807) is 0 Å². The van der Waals surface area contributed by atoms with Crippen molar-refractivity contribution in [1.82, 2.24) is 0 Å². The quantitative estimate of drug-likeness (QED) is 0.0396. The van der Waals surface area contributed by atoms with E-state index >= 15 is 0 Å². The highest BCUT2D eigenvalue weighted by atomic mass is 16.6. The third-order valence-corrected chi connectivity index (χ3v) is 8.54. The second-order valence-corrected chi connectivity index (χ2v) is 13.7. The molecule has 1 atom stereocenters. The maximum Gasteiger partial charge on any atom is 0.306 e. The molecule has 0 aromatic rings. The van der Waals surface area contributed by atoms with Crippen LogP contribution in [0.15, 0.2) is 0 Å². The van der Waals surface area contributed by atoms with E-state index in [4.69, 9.17) is 14.2 Å². The summed E-state index contributed by atoms with van der Waals surface area (Å²) in [5.41, 5.74) is 0. The van der Waals surface area contributed by atoms with Gasteiger partial charge in [0.05, 0.1) is 0 Å². The summed E-state index contributed by atoms with van der Waals surface area (Å²) in [7, 11) is 0. The number of unbranched alkanes of at least 4 members (excludes halogenated alkanes) is 21. The summed E-state index contributed by atoms with van der Waals surface area (Å²) in [5.74, 6) is -0.0968. The van der Waals surface area contributed by atoms with E-state index in [-0.39, 0.29) is 31.1 Å². The van der Waals surface area contributed by atoms with Crippen LogP contribution in [0.2, 0.25) is 0 Å². The Bertz CT molecular complexity index is 676. The zero-order valence-corrected chi connectivity index (χ0v) is 30.3. The summed E-state index contributed by atoms with van der Waals surface area (Å²) >= 11 is 0. The van der Waals surface area contributed by atoms with Crippen molar-refractivity contribution in [2.45, 2.75) is 214 Å². The molecule has 0 heterocycles. The van der Waals surface area contributed by atoms with Gasteiger partial charge in [0.15, 0.2) is 6.10 Å². The van der Waals surface area contributed by atoms with E-state index < -0.39 is 6.10 Å². The fourth-order valence-corrected chi connectivity index (χ4v) is 5.57. The summed E-state index contributed by atoms with van der Waals surface area (Å²) in [6.07, 6.45) is 29.6. The van der Waals surface area contributed by atoms with E-state index in [2.05, 4.69) is 27.7 Å². The Kier molecular flexibility index (Phi) is 32.6. The second-order valence-electron chi connectivity index (χ2n) is 13.7. The lowest BCUT2D eigenvalue weighted by Gasteiger charge is -2.18. The molecule has 0 amide bonds. The SMILES string of the molecule is CCCCCCCCCCCCC(=O)OC[C@@H](COC(=O)CCCCCCCCC)OC(=O)CCCCCCCCCC(C)C. The van der Waals surface area contributed by atoms with E-state index in [0.717, 1.165) is 63.7 Å². The van der Waals surface area contributed by atoms with Gasteiger partial charge < -0.3 is 14.2 Å². The van der Waals surface area contributed by atoms with Crippen LogP contribution in [0.3, 0.4) is 0 Å². The van der Waals surface area contributed by atoms with Crippen molar-refractivity contribution in [3.63, 3.8) is 0 Å². The number of ether oxygens (including phenoxy) is 3. The molecule has 0 aromatic carbocycles. The fourth-order valence-electron chi connectivity index (χ4n) is 5.57. The van der Waals surface area contributed by atoms with Crippen LogP contribution >= 0.6 is 0 Å². The smallest absolute Gasteiger partial charge is 0.306 e. The molecule has 0 saturated heterocycles. The van der Waals surface area contributed by atoms with Crippen LogP contribution in [0.4, 0.5) is 0 Å². The Labute approximate surface area is 278 Å². The standard InChI is InChI=1S/C39H74O6/c1-5-7-9-11-13-14-15-19-23-27-31-38(41)44-34-36(33-43-37(40)30-26-22-17-12-10-8-6-2)45-39(42)32-28-24-20-16-18-21-25-29-35(3)4/h35-36H,5-34H2,1-4H3/t36-/m1/s1. The zero-order valence-electron chi connectivity index (χ0n) is 30.3. The zero-order chi connectivity index (χ0) is 33.2. The summed E-state index contributed by atoms with van der Waals surface area (Å²) in [4.78, 5) is 37.3. The van der Waals surface area contributed by atoms with Crippen molar-refractivity contribution in [2.75, 3.05) is 13.2 Å². The van der Waals surface area contributed by atoms with Gasteiger partial charge in [-0.3, -0.25) is 14.4 Å². The van der Waals surface area contributed by atoms with Crippen molar-refractivity contribution in [3.8, 4) is 0 Å². The lowest BCUT2D eigenvalue weighted by atomic mass is 10.0. The molecule has 0 rings (SSSR count). The van der Waals surface area contributed by atoms with Crippen LogP contribution in [0.5, 0.6) is 0 Å². The van der Waals surface area contributed by atoms with Crippen molar-refractivity contribution in [3.05, 3.63) is 0 Å². The Hall–Kier alpha value is -1.59. The fraction of sp³-hybridized carbons (Fsp3) is 0.923. The van der Waals surface area contributed by atoms with Crippen LogP contribution in [0.25, 0.3) is 0 Å². The van der Waals surface area contributed by atoms with Crippen LogP contribution in [-0.4, -0.2) is 37.2 Å². The van der Waals surface area contributed by atoms with E-state index in [1.165, 1.54) is 103 Å². The van der Waals surface area contributed by atoms with Gasteiger partial charge in [-0.1, -0.05) is 169 Å². The molecule has 0 aliphatic heterocycles. The van der Waals surface area contributed by atoms with Gasteiger partial charge in [0, 0.05) is 19.3 Å². The molecule has 0 aromatic heterocycles. The highest BCUT2D eigenvalue weighted by Crippen LogP contribution is 2.15. The predicted molar refractivity (Wildman–Crippen MR) is 187 cm³/mol. The van der Waals surface area contributed by atoms with Crippen molar-refractivity contribution >= 4 is 17.9 Å². The maximum absolute atomic E-state index is 12.6. The van der Waals surface area contributed by atoms with Gasteiger partial charge in [0.25, 0.3) is 0 Å². The summed E-state index contributed by atoms with van der Waals surface area (Å²) in [5, 5.41) is 0. The largest absolute Gasteiger partial charge is 0.462 e. The monoisotopic (exact) mass is 639 g/mol. The first-order valence-electron chi connectivity index (χ1n) is 19.4. The molecule has 0 radical (unpaired) electrons. The average Bonchev–Trinajstić information content (AvgIpc) is 3.01. The number of hydrogen-bond acceptors (Lipinski definition) is 6. The van der Waals surface area contributed by atoms with Crippen LogP contribution in [-0.2, 0) is 28.6 Å². The highest BCUT2D eigenvalue weighted by molar-refractivity contribution is 5.71. The molecule has 45 heavy (non-hydrogen) atoms. The van der Waals surface area contributed by atoms with Crippen molar-refractivity contribution in [1.29, 1.82) is 0 Å². The summed E-state index contributed by atoms with van der Waals surface area (Å²) in [6.45, 7) is 8.86. The lowest BCUT2D eigenvalue weighted by molar-refractivity contribution is -0.167.